The fourth-order valence-electron chi connectivity index (χ4n) is 2.81. The first kappa shape index (κ1) is 21.3. The molecule has 1 amide bonds. The zero-order valence-corrected chi connectivity index (χ0v) is 17.4. The van der Waals surface area contributed by atoms with Crippen LogP contribution in [0.1, 0.15) is 22.8 Å². The minimum absolute atomic E-state index is 0.0883. The summed E-state index contributed by atoms with van der Waals surface area (Å²) in [4.78, 5) is 28.9. The molecule has 30 heavy (non-hydrogen) atoms. The van der Waals surface area contributed by atoms with Crippen molar-refractivity contribution in [2.24, 2.45) is 4.99 Å². The molecule has 156 valence electrons. The molecule has 1 heterocycles. The summed E-state index contributed by atoms with van der Waals surface area (Å²) >= 11 is 1.12. The van der Waals surface area contributed by atoms with Crippen LogP contribution < -0.4 is 19.5 Å². The van der Waals surface area contributed by atoms with Crippen molar-refractivity contribution in [3.8, 4) is 17.2 Å². The van der Waals surface area contributed by atoms with Gasteiger partial charge in [-0.2, -0.15) is 0 Å². The lowest BCUT2D eigenvalue weighted by Gasteiger charge is -2.12. The van der Waals surface area contributed by atoms with Crippen LogP contribution in [0, 0.1) is 0 Å². The monoisotopic (exact) mass is 428 g/mol. The lowest BCUT2D eigenvalue weighted by Crippen LogP contribution is -2.19. The third kappa shape index (κ3) is 4.57. The minimum Gasteiger partial charge on any atom is -0.494 e. The van der Waals surface area contributed by atoms with E-state index in [1.165, 1.54) is 20.3 Å². The molecule has 0 unspecified atom stereocenters. The fraction of sp³-hybridized carbons (Fsp3) is 0.190. The summed E-state index contributed by atoms with van der Waals surface area (Å²) in [5.41, 5.74) is 0.884. The van der Waals surface area contributed by atoms with Crippen molar-refractivity contribution in [1.29, 1.82) is 0 Å². The summed E-state index contributed by atoms with van der Waals surface area (Å²) in [6, 6.07) is 10.3. The number of carbonyl (C=O) groups is 2. The van der Waals surface area contributed by atoms with Crippen molar-refractivity contribution in [2.45, 2.75) is 6.92 Å². The number of carbonyl (C=O) groups excluding carboxylic acids is 1. The van der Waals surface area contributed by atoms with Crippen LogP contribution in [0.5, 0.6) is 17.2 Å². The van der Waals surface area contributed by atoms with Gasteiger partial charge in [-0.1, -0.05) is 6.07 Å². The topological polar surface area (TPSA) is 106 Å². The van der Waals surface area contributed by atoms with Crippen molar-refractivity contribution in [3.05, 3.63) is 52.4 Å². The van der Waals surface area contributed by atoms with Gasteiger partial charge in [0, 0.05) is 0 Å². The number of ether oxygens (including phenoxy) is 3. The number of methoxy groups -OCH3 is 2. The van der Waals surface area contributed by atoms with E-state index in [4.69, 9.17) is 14.2 Å². The van der Waals surface area contributed by atoms with Gasteiger partial charge in [0.2, 0.25) is 0 Å². The van der Waals surface area contributed by atoms with Crippen LogP contribution >= 0.6 is 11.8 Å². The highest BCUT2D eigenvalue weighted by Crippen LogP contribution is 2.36. The van der Waals surface area contributed by atoms with Crippen LogP contribution in [-0.2, 0) is 4.79 Å². The third-order valence-electron chi connectivity index (χ3n) is 4.11. The summed E-state index contributed by atoms with van der Waals surface area (Å²) in [7, 11) is 2.78. The average molecular weight is 428 g/mol. The Morgan fingerprint density at radius 1 is 1.17 bits per heavy atom. The largest absolute Gasteiger partial charge is 0.494 e. The van der Waals surface area contributed by atoms with E-state index in [-0.39, 0.29) is 17.2 Å². The smallest absolute Gasteiger partial charge is 0.340 e. The number of amidine groups is 1. The predicted molar refractivity (Wildman–Crippen MR) is 115 cm³/mol. The molecule has 0 spiro atoms. The Morgan fingerprint density at radius 3 is 2.50 bits per heavy atom. The normalized spacial score (nSPS) is 15.9. The van der Waals surface area contributed by atoms with E-state index in [1.807, 2.05) is 6.92 Å². The number of hydrogen-bond donors (Lipinski definition) is 2. The summed E-state index contributed by atoms with van der Waals surface area (Å²) in [6.45, 7) is 2.48. The molecule has 0 saturated carbocycles. The Balaban J connectivity index is 1.90. The standard InChI is InChI=1S/C21H20N2O6S/c1-4-29-14-8-6-13(7-9-14)22-21-23-19(24)16(30-21)11-12-5-10-15(27-2)18(28-3)17(12)20(25)26/h5-11H,4H2,1-3H3,(H,25,26)(H,22,23,24)/b16-11-. The SMILES string of the molecule is CCOc1ccc(N=C2NC(=O)/C(=C/c3ccc(OC)c(OC)c3C(=O)O)S2)cc1. The van der Waals surface area contributed by atoms with Gasteiger partial charge in [0.1, 0.15) is 11.3 Å². The molecule has 0 bridgehead atoms. The van der Waals surface area contributed by atoms with Crippen molar-refractivity contribution in [2.75, 3.05) is 20.8 Å². The molecule has 2 aromatic rings. The first-order chi connectivity index (χ1) is 14.5. The highest BCUT2D eigenvalue weighted by molar-refractivity contribution is 8.18. The number of hydrogen-bond acceptors (Lipinski definition) is 7. The fourth-order valence-corrected chi connectivity index (χ4v) is 3.64. The number of carboxylic acid groups (broad SMARTS) is 1. The molecule has 1 aliphatic heterocycles. The maximum Gasteiger partial charge on any atom is 0.340 e. The number of benzene rings is 2. The van der Waals surface area contributed by atoms with Gasteiger partial charge in [-0.05, 0) is 60.7 Å². The van der Waals surface area contributed by atoms with Crippen LogP contribution in [0.15, 0.2) is 46.3 Å². The summed E-state index contributed by atoms with van der Waals surface area (Å²) in [5.74, 6) is -0.441. The Kier molecular flexibility index (Phi) is 6.63. The molecule has 9 heteroatoms. The molecule has 1 fully saturated rings. The van der Waals surface area contributed by atoms with Crippen molar-refractivity contribution in [1.82, 2.24) is 5.32 Å². The second-order valence-corrected chi connectivity index (χ2v) is 7.01. The van der Waals surface area contributed by atoms with E-state index >= 15 is 0 Å². The van der Waals surface area contributed by atoms with Crippen LogP contribution in [0.4, 0.5) is 5.69 Å². The van der Waals surface area contributed by atoms with E-state index < -0.39 is 5.97 Å². The number of thioether (sulfide) groups is 1. The second-order valence-electron chi connectivity index (χ2n) is 5.98. The third-order valence-corrected chi connectivity index (χ3v) is 5.02. The number of rotatable bonds is 7. The van der Waals surface area contributed by atoms with E-state index in [0.717, 1.165) is 17.5 Å². The molecule has 0 aromatic heterocycles. The molecule has 0 radical (unpaired) electrons. The Bertz CT molecular complexity index is 1030. The van der Waals surface area contributed by atoms with Gasteiger partial charge >= 0.3 is 5.97 Å². The van der Waals surface area contributed by atoms with Gasteiger partial charge in [-0.3, -0.25) is 4.79 Å². The van der Waals surface area contributed by atoms with Gasteiger partial charge in [0.15, 0.2) is 16.7 Å². The van der Waals surface area contributed by atoms with Gasteiger partial charge in [0.05, 0.1) is 31.4 Å². The van der Waals surface area contributed by atoms with E-state index in [2.05, 4.69) is 10.3 Å². The zero-order valence-electron chi connectivity index (χ0n) is 16.6. The van der Waals surface area contributed by atoms with Gasteiger partial charge in [0.25, 0.3) is 5.91 Å². The van der Waals surface area contributed by atoms with Crippen LogP contribution in [0.3, 0.4) is 0 Å². The minimum atomic E-state index is -1.19. The average Bonchev–Trinajstić information content (AvgIpc) is 3.07. The highest BCUT2D eigenvalue weighted by Gasteiger charge is 2.26. The van der Waals surface area contributed by atoms with Crippen molar-refractivity contribution >= 4 is 40.6 Å². The molecular formula is C21H20N2O6S. The number of carboxylic acids is 1. The maximum atomic E-state index is 12.4. The number of amides is 1. The van der Waals surface area contributed by atoms with E-state index in [9.17, 15) is 14.7 Å². The van der Waals surface area contributed by atoms with Gasteiger partial charge in [-0.15, -0.1) is 0 Å². The van der Waals surface area contributed by atoms with Crippen LogP contribution in [-0.4, -0.2) is 43.0 Å². The first-order valence-electron chi connectivity index (χ1n) is 8.97. The van der Waals surface area contributed by atoms with Crippen molar-refractivity contribution in [3.63, 3.8) is 0 Å². The quantitative estimate of drug-likeness (QED) is 0.648. The van der Waals surface area contributed by atoms with E-state index in [0.29, 0.717) is 33.7 Å². The van der Waals surface area contributed by atoms with Gasteiger partial charge < -0.3 is 24.6 Å². The predicted octanol–water partition coefficient (Wildman–Crippen LogP) is 3.69. The number of nitrogens with one attached hydrogen (secondary N) is 1. The van der Waals surface area contributed by atoms with Crippen LogP contribution in [0.2, 0.25) is 0 Å². The maximum absolute atomic E-state index is 12.4. The molecule has 0 atom stereocenters. The highest BCUT2D eigenvalue weighted by atomic mass is 32.2. The molecule has 2 N–H and O–H groups in total. The number of aliphatic imine (C=N–C) groups is 1. The molecule has 1 saturated heterocycles. The van der Waals surface area contributed by atoms with Crippen LogP contribution in [0.25, 0.3) is 6.08 Å². The molecule has 3 rings (SSSR count). The summed E-state index contributed by atoms with van der Waals surface area (Å²) < 4.78 is 15.8. The zero-order chi connectivity index (χ0) is 21.7. The molecule has 8 nitrogen and oxygen atoms in total. The van der Waals surface area contributed by atoms with Crippen molar-refractivity contribution < 1.29 is 28.9 Å². The molecule has 0 aliphatic carbocycles. The molecule has 2 aromatic carbocycles. The Labute approximate surface area is 177 Å². The Morgan fingerprint density at radius 2 is 1.90 bits per heavy atom. The molecular weight excluding hydrogens is 408 g/mol. The summed E-state index contributed by atoms with van der Waals surface area (Å²) in [6.07, 6.45) is 1.49. The lowest BCUT2D eigenvalue weighted by atomic mass is 10.0. The lowest BCUT2D eigenvalue weighted by molar-refractivity contribution is -0.115. The van der Waals surface area contributed by atoms with Gasteiger partial charge in [-0.25, -0.2) is 9.79 Å². The first-order valence-corrected chi connectivity index (χ1v) is 9.79. The number of aromatic carboxylic acids is 1. The second kappa shape index (κ2) is 9.36. The Hall–Kier alpha value is -3.46. The number of nitrogens with zero attached hydrogens (tertiary/aromatic N) is 1. The molecule has 1 aliphatic rings. The van der Waals surface area contributed by atoms with E-state index in [1.54, 1.807) is 36.4 Å². The summed E-state index contributed by atoms with van der Waals surface area (Å²) in [5, 5.41) is 12.7.